The maximum atomic E-state index is 5.79. The minimum atomic E-state index is 0.254. The molecule has 1 aromatic rings. The van der Waals surface area contributed by atoms with Gasteiger partial charge in [0, 0.05) is 44.0 Å². The molecule has 1 atom stereocenters. The van der Waals surface area contributed by atoms with Crippen molar-refractivity contribution in [3.63, 3.8) is 0 Å². The average Bonchev–Trinajstić information content (AvgIpc) is 2.49. The van der Waals surface area contributed by atoms with Crippen LogP contribution in [-0.4, -0.2) is 49.8 Å². The standard InChI is InChI=1S/C17H29N3O/c1-3-8-19-13-17(7-5-10-21-15-17)14-20(2)12-16-6-4-9-18-11-16/h4,6,9,11,19H,3,5,7-8,10,12-15H2,1-2H3. The van der Waals surface area contributed by atoms with E-state index < -0.39 is 0 Å². The molecule has 1 unspecified atom stereocenters. The van der Waals surface area contributed by atoms with Gasteiger partial charge in [0.25, 0.3) is 0 Å². The van der Waals surface area contributed by atoms with Crippen molar-refractivity contribution in [2.24, 2.45) is 5.41 Å². The zero-order valence-electron chi connectivity index (χ0n) is 13.5. The second kappa shape index (κ2) is 8.47. The molecule has 0 radical (unpaired) electrons. The summed E-state index contributed by atoms with van der Waals surface area (Å²) in [5.74, 6) is 0. The molecule has 1 N–H and O–H groups in total. The summed E-state index contributed by atoms with van der Waals surface area (Å²) in [6.07, 6.45) is 7.39. The molecule has 1 saturated heterocycles. The fourth-order valence-corrected chi connectivity index (χ4v) is 3.19. The van der Waals surface area contributed by atoms with Crippen molar-refractivity contribution in [2.75, 3.05) is 39.9 Å². The fraction of sp³-hybridized carbons (Fsp3) is 0.706. The molecule has 0 spiro atoms. The Kier molecular flexibility index (Phi) is 6.61. The first-order valence-corrected chi connectivity index (χ1v) is 8.10. The lowest BCUT2D eigenvalue weighted by Crippen LogP contribution is -2.48. The van der Waals surface area contributed by atoms with E-state index in [2.05, 4.69) is 35.2 Å². The summed E-state index contributed by atoms with van der Waals surface area (Å²) in [5.41, 5.74) is 1.53. The second-order valence-corrected chi connectivity index (χ2v) is 6.37. The van der Waals surface area contributed by atoms with Crippen molar-refractivity contribution in [2.45, 2.75) is 32.7 Å². The van der Waals surface area contributed by atoms with Gasteiger partial charge in [-0.25, -0.2) is 0 Å². The quantitative estimate of drug-likeness (QED) is 0.746. The number of pyridine rings is 1. The molecule has 0 aromatic carbocycles. The van der Waals surface area contributed by atoms with E-state index in [1.807, 2.05) is 18.5 Å². The zero-order valence-corrected chi connectivity index (χ0v) is 13.5. The third kappa shape index (κ3) is 5.38. The SMILES string of the molecule is CCCNCC1(CN(C)Cc2cccnc2)CCCOC1. The highest BCUT2D eigenvalue weighted by atomic mass is 16.5. The molecule has 0 amide bonds. The summed E-state index contributed by atoms with van der Waals surface area (Å²) in [6, 6.07) is 4.15. The van der Waals surface area contributed by atoms with E-state index in [0.717, 1.165) is 39.4 Å². The van der Waals surface area contributed by atoms with Crippen molar-refractivity contribution in [1.29, 1.82) is 0 Å². The van der Waals surface area contributed by atoms with Crippen molar-refractivity contribution in [3.05, 3.63) is 30.1 Å². The van der Waals surface area contributed by atoms with Crippen LogP contribution in [0.15, 0.2) is 24.5 Å². The van der Waals surface area contributed by atoms with Crippen LogP contribution in [0.2, 0.25) is 0 Å². The fourth-order valence-electron chi connectivity index (χ4n) is 3.19. The van der Waals surface area contributed by atoms with E-state index in [1.165, 1.54) is 24.8 Å². The predicted octanol–water partition coefficient (Wildman–Crippen LogP) is 2.31. The average molecular weight is 291 g/mol. The van der Waals surface area contributed by atoms with Gasteiger partial charge in [-0.05, 0) is 44.5 Å². The molecule has 2 heterocycles. The van der Waals surface area contributed by atoms with E-state index in [0.29, 0.717) is 0 Å². The van der Waals surface area contributed by atoms with Crippen LogP contribution >= 0.6 is 0 Å². The summed E-state index contributed by atoms with van der Waals surface area (Å²) >= 11 is 0. The highest BCUT2D eigenvalue weighted by molar-refractivity contribution is 5.08. The van der Waals surface area contributed by atoms with Gasteiger partial charge in [-0.1, -0.05) is 13.0 Å². The summed E-state index contributed by atoms with van der Waals surface area (Å²) in [5, 5.41) is 3.60. The van der Waals surface area contributed by atoms with Crippen LogP contribution in [0.1, 0.15) is 31.7 Å². The number of hydrogen-bond acceptors (Lipinski definition) is 4. The smallest absolute Gasteiger partial charge is 0.0546 e. The highest BCUT2D eigenvalue weighted by Crippen LogP contribution is 2.29. The monoisotopic (exact) mass is 291 g/mol. The van der Waals surface area contributed by atoms with Crippen molar-refractivity contribution >= 4 is 0 Å². The van der Waals surface area contributed by atoms with Gasteiger partial charge in [0.1, 0.15) is 0 Å². The minimum absolute atomic E-state index is 0.254. The molecule has 0 aliphatic carbocycles. The van der Waals surface area contributed by atoms with Crippen molar-refractivity contribution in [1.82, 2.24) is 15.2 Å². The first-order valence-electron chi connectivity index (χ1n) is 8.10. The lowest BCUT2D eigenvalue weighted by molar-refractivity contribution is -0.0236. The van der Waals surface area contributed by atoms with E-state index in [9.17, 15) is 0 Å². The molecule has 4 heteroatoms. The van der Waals surface area contributed by atoms with E-state index in [4.69, 9.17) is 4.74 Å². The Morgan fingerprint density at radius 2 is 2.38 bits per heavy atom. The van der Waals surface area contributed by atoms with Crippen LogP contribution in [0.4, 0.5) is 0 Å². The van der Waals surface area contributed by atoms with E-state index in [1.54, 1.807) is 0 Å². The van der Waals surface area contributed by atoms with Gasteiger partial charge in [-0.2, -0.15) is 0 Å². The number of nitrogens with zero attached hydrogens (tertiary/aromatic N) is 2. The number of hydrogen-bond donors (Lipinski definition) is 1. The molecular formula is C17H29N3O. The van der Waals surface area contributed by atoms with Crippen molar-refractivity contribution < 1.29 is 4.74 Å². The van der Waals surface area contributed by atoms with Gasteiger partial charge in [-0.3, -0.25) is 4.98 Å². The maximum absolute atomic E-state index is 5.79. The Bertz CT molecular complexity index is 390. The van der Waals surface area contributed by atoms with Crippen LogP contribution in [-0.2, 0) is 11.3 Å². The number of nitrogens with one attached hydrogen (secondary N) is 1. The molecule has 118 valence electrons. The lowest BCUT2D eigenvalue weighted by Gasteiger charge is -2.40. The normalized spacial score (nSPS) is 22.6. The summed E-state index contributed by atoms with van der Waals surface area (Å²) in [6.45, 7) is 8.17. The number of rotatable bonds is 8. The minimum Gasteiger partial charge on any atom is -0.381 e. The molecule has 21 heavy (non-hydrogen) atoms. The molecule has 2 rings (SSSR count). The van der Waals surface area contributed by atoms with E-state index >= 15 is 0 Å². The highest BCUT2D eigenvalue weighted by Gasteiger charge is 2.33. The molecule has 0 bridgehead atoms. The molecule has 1 fully saturated rings. The summed E-state index contributed by atoms with van der Waals surface area (Å²) in [7, 11) is 2.20. The van der Waals surface area contributed by atoms with Gasteiger partial charge in [0.2, 0.25) is 0 Å². The zero-order chi connectivity index (χ0) is 15.0. The molecule has 1 aliphatic rings. The van der Waals surface area contributed by atoms with Gasteiger partial charge < -0.3 is 15.0 Å². The molecular weight excluding hydrogens is 262 g/mol. The Morgan fingerprint density at radius 1 is 1.48 bits per heavy atom. The van der Waals surface area contributed by atoms with Gasteiger partial charge in [0.05, 0.1) is 6.61 Å². The topological polar surface area (TPSA) is 37.4 Å². The Morgan fingerprint density at radius 3 is 3.05 bits per heavy atom. The largest absolute Gasteiger partial charge is 0.381 e. The van der Waals surface area contributed by atoms with Crippen LogP contribution in [0.25, 0.3) is 0 Å². The summed E-state index contributed by atoms with van der Waals surface area (Å²) in [4.78, 5) is 6.60. The van der Waals surface area contributed by atoms with Crippen LogP contribution < -0.4 is 5.32 Å². The Hall–Kier alpha value is -0.970. The summed E-state index contributed by atoms with van der Waals surface area (Å²) < 4.78 is 5.79. The lowest BCUT2D eigenvalue weighted by atomic mass is 9.81. The third-order valence-electron chi connectivity index (χ3n) is 4.11. The van der Waals surface area contributed by atoms with E-state index in [-0.39, 0.29) is 5.41 Å². The molecule has 0 saturated carbocycles. The first kappa shape index (κ1) is 16.4. The number of ether oxygens (including phenoxy) is 1. The van der Waals surface area contributed by atoms with Gasteiger partial charge >= 0.3 is 0 Å². The molecule has 1 aromatic heterocycles. The Balaban J connectivity index is 1.90. The Labute approximate surface area is 128 Å². The van der Waals surface area contributed by atoms with Crippen LogP contribution in [0, 0.1) is 5.41 Å². The molecule has 4 nitrogen and oxygen atoms in total. The van der Waals surface area contributed by atoms with Crippen molar-refractivity contribution in [3.8, 4) is 0 Å². The van der Waals surface area contributed by atoms with Crippen LogP contribution in [0.3, 0.4) is 0 Å². The predicted molar refractivity (Wildman–Crippen MR) is 86.2 cm³/mol. The van der Waals surface area contributed by atoms with Gasteiger partial charge in [0.15, 0.2) is 0 Å². The maximum Gasteiger partial charge on any atom is 0.0546 e. The third-order valence-corrected chi connectivity index (χ3v) is 4.11. The second-order valence-electron chi connectivity index (χ2n) is 6.37. The molecule has 1 aliphatic heterocycles. The van der Waals surface area contributed by atoms with Gasteiger partial charge in [-0.15, -0.1) is 0 Å². The van der Waals surface area contributed by atoms with Crippen LogP contribution in [0.5, 0.6) is 0 Å². The first-order chi connectivity index (χ1) is 10.2. The number of aromatic nitrogens is 1.